The van der Waals surface area contributed by atoms with Crippen molar-refractivity contribution in [2.45, 2.75) is 52.3 Å². The minimum absolute atomic E-state index is 0.0655. The quantitative estimate of drug-likeness (QED) is 0.848. The van der Waals surface area contributed by atoms with Gasteiger partial charge in [-0.15, -0.1) is 0 Å². The van der Waals surface area contributed by atoms with Gasteiger partial charge in [0.25, 0.3) is 0 Å². The average Bonchev–Trinajstić information content (AvgIpc) is 2.55. The van der Waals surface area contributed by atoms with Crippen LogP contribution in [0.25, 0.3) is 0 Å². The van der Waals surface area contributed by atoms with Crippen LogP contribution in [0.1, 0.15) is 44.2 Å². The van der Waals surface area contributed by atoms with Crippen LogP contribution in [-0.2, 0) is 17.9 Å². The average molecular weight is 304 g/mol. The van der Waals surface area contributed by atoms with Gasteiger partial charge in [0.15, 0.2) is 0 Å². The molecule has 1 saturated heterocycles. The Bertz CT molecular complexity index is 482. The number of aliphatic hydroxyl groups is 1. The van der Waals surface area contributed by atoms with Crippen LogP contribution in [0, 0.1) is 5.92 Å². The fourth-order valence-electron chi connectivity index (χ4n) is 2.74. The van der Waals surface area contributed by atoms with Crippen molar-refractivity contribution in [3.05, 3.63) is 35.4 Å². The summed E-state index contributed by atoms with van der Waals surface area (Å²) < 4.78 is 0. The Kier molecular flexibility index (Phi) is 6.40. The predicted molar refractivity (Wildman–Crippen MR) is 88.3 cm³/mol. The highest BCUT2D eigenvalue weighted by Crippen LogP contribution is 2.16. The van der Waals surface area contributed by atoms with Crippen LogP contribution in [0.3, 0.4) is 0 Å². The number of piperidine rings is 1. The third-order valence-corrected chi connectivity index (χ3v) is 4.58. The Morgan fingerprint density at radius 3 is 2.59 bits per heavy atom. The summed E-state index contributed by atoms with van der Waals surface area (Å²) in [6, 6.07) is 8.29. The number of benzene rings is 1. The number of carbonyl (C=O) groups is 1. The van der Waals surface area contributed by atoms with Gasteiger partial charge >= 0.3 is 0 Å². The van der Waals surface area contributed by atoms with Gasteiger partial charge in [-0.05, 0) is 30.4 Å². The van der Waals surface area contributed by atoms with Crippen LogP contribution in [0.5, 0.6) is 0 Å². The van der Waals surface area contributed by atoms with Crippen molar-refractivity contribution in [3.8, 4) is 0 Å². The van der Waals surface area contributed by atoms with E-state index in [1.807, 2.05) is 26.0 Å². The lowest BCUT2D eigenvalue weighted by Gasteiger charge is -2.30. The molecule has 1 aliphatic heterocycles. The van der Waals surface area contributed by atoms with Crippen LogP contribution < -0.4 is 5.32 Å². The number of aliphatic hydroxyl groups excluding tert-OH is 1. The Morgan fingerprint density at radius 2 is 1.95 bits per heavy atom. The van der Waals surface area contributed by atoms with Crippen LogP contribution in [0.4, 0.5) is 0 Å². The molecule has 0 aliphatic carbocycles. The molecule has 4 nitrogen and oxygen atoms in total. The molecular weight excluding hydrogens is 276 g/mol. The number of amides is 1. The summed E-state index contributed by atoms with van der Waals surface area (Å²) in [6.45, 7) is 7.35. The number of hydrogen-bond acceptors (Lipinski definition) is 3. The van der Waals surface area contributed by atoms with Gasteiger partial charge in [0.05, 0.1) is 6.10 Å². The van der Waals surface area contributed by atoms with E-state index in [9.17, 15) is 9.90 Å². The topological polar surface area (TPSA) is 52.6 Å². The van der Waals surface area contributed by atoms with Crippen LogP contribution in [0.15, 0.2) is 24.3 Å². The number of nitrogens with zero attached hydrogens (tertiary/aromatic N) is 1. The zero-order valence-corrected chi connectivity index (χ0v) is 13.7. The molecule has 122 valence electrons. The molecule has 1 aromatic rings. The summed E-state index contributed by atoms with van der Waals surface area (Å²) in [4.78, 5) is 14.3. The molecule has 0 aromatic heterocycles. The molecule has 0 radical (unpaired) electrons. The Morgan fingerprint density at radius 1 is 1.32 bits per heavy atom. The third-order valence-electron chi connectivity index (χ3n) is 4.58. The summed E-state index contributed by atoms with van der Waals surface area (Å²) >= 11 is 0. The van der Waals surface area contributed by atoms with Crippen molar-refractivity contribution < 1.29 is 9.90 Å². The monoisotopic (exact) mass is 304 g/mol. The van der Waals surface area contributed by atoms with Crippen LogP contribution >= 0.6 is 0 Å². The third kappa shape index (κ3) is 4.82. The maximum absolute atomic E-state index is 11.9. The normalized spacial score (nSPS) is 18.1. The van der Waals surface area contributed by atoms with E-state index >= 15 is 0 Å². The van der Waals surface area contributed by atoms with Gasteiger partial charge in [-0.2, -0.15) is 0 Å². The van der Waals surface area contributed by atoms with Crippen molar-refractivity contribution in [3.63, 3.8) is 0 Å². The molecule has 1 fully saturated rings. The summed E-state index contributed by atoms with van der Waals surface area (Å²) in [5.41, 5.74) is 2.45. The second-order valence-corrected chi connectivity index (χ2v) is 6.30. The van der Waals surface area contributed by atoms with E-state index in [1.165, 1.54) is 11.1 Å². The summed E-state index contributed by atoms with van der Waals surface area (Å²) in [6.07, 6.45) is 2.44. The van der Waals surface area contributed by atoms with Crippen molar-refractivity contribution >= 4 is 5.91 Å². The largest absolute Gasteiger partial charge is 0.393 e. The highest BCUT2D eigenvalue weighted by atomic mass is 16.3. The highest BCUT2D eigenvalue weighted by Gasteiger charge is 2.18. The fourth-order valence-corrected chi connectivity index (χ4v) is 2.74. The summed E-state index contributed by atoms with van der Waals surface area (Å²) in [5, 5.41) is 12.6. The first-order valence-corrected chi connectivity index (χ1v) is 8.35. The van der Waals surface area contributed by atoms with Gasteiger partial charge in [0.2, 0.25) is 5.91 Å². The molecular formula is C18H28N2O2. The zero-order valence-electron chi connectivity index (χ0n) is 13.7. The SMILES string of the molecule is CCC(C)C(=O)NCc1ccccc1CN1CCC(O)CC1. The van der Waals surface area contributed by atoms with Gasteiger partial charge in [0.1, 0.15) is 0 Å². The molecule has 2 N–H and O–H groups in total. The number of nitrogens with one attached hydrogen (secondary N) is 1. The Hall–Kier alpha value is -1.39. The lowest BCUT2D eigenvalue weighted by Crippen LogP contribution is -2.35. The van der Waals surface area contributed by atoms with Gasteiger partial charge in [0, 0.05) is 32.1 Å². The van der Waals surface area contributed by atoms with Gasteiger partial charge < -0.3 is 10.4 Å². The van der Waals surface area contributed by atoms with Crippen LogP contribution in [-0.4, -0.2) is 35.1 Å². The minimum Gasteiger partial charge on any atom is -0.393 e. The summed E-state index contributed by atoms with van der Waals surface area (Å²) in [5.74, 6) is 0.189. The number of rotatable bonds is 6. The number of hydrogen-bond donors (Lipinski definition) is 2. The molecule has 1 heterocycles. The van der Waals surface area contributed by atoms with Gasteiger partial charge in [-0.1, -0.05) is 38.1 Å². The molecule has 0 spiro atoms. The maximum Gasteiger partial charge on any atom is 0.223 e. The molecule has 1 amide bonds. The first kappa shape index (κ1) is 17.0. The maximum atomic E-state index is 11.9. The van der Waals surface area contributed by atoms with E-state index in [-0.39, 0.29) is 17.9 Å². The molecule has 2 rings (SSSR count). The van der Waals surface area contributed by atoms with Crippen molar-refractivity contribution in [2.24, 2.45) is 5.92 Å². The molecule has 1 atom stereocenters. The van der Waals surface area contributed by atoms with Crippen molar-refractivity contribution in [1.82, 2.24) is 10.2 Å². The lowest BCUT2D eigenvalue weighted by molar-refractivity contribution is -0.124. The van der Waals surface area contributed by atoms with E-state index in [2.05, 4.69) is 22.3 Å². The molecule has 1 aliphatic rings. The first-order chi connectivity index (χ1) is 10.6. The van der Waals surface area contributed by atoms with E-state index in [0.29, 0.717) is 6.54 Å². The van der Waals surface area contributed by atoms with E-state index in [4.69, 9.17) is 0 Å². The van der Waals surface area contributed by atoms with Gasteiger partial charge in [-0.25, -0.2) is 0 Å². The molecule has 1 unspecified atom stereocenters. The fraction of sp³-hybridized carbons (Fsp3) is 0.611. The molecule has 0 saturated carbocycles. The van der Waals surface area contributed by atoms with Crippen molar-refractivity contribution in [2.75, 3.05) is 13.1 Å². The highest BCUT2D eigenvalue weighted by molar-refractivity contribution is 5.78. The second-order valence-electron chi connectivity index (χ2n) is 6.30. The Balaban J connectivity index is 1.93. The molecule has 22 heavy (non-hydrogen) atoms. The second kappa shape index (κ2) is 8.30. The minimum atomic E-state index is -0.138. The van der Waals surface area contributed by atoms with Crippen molar-refractivity contribution in [1.29, 1.82) is 0 Å². The first-order valence-electron chi connectivity index (χ1n) is 8.35. The summed E-state index contributed by atoms with van der Waals surface area (Å²) in [7, 11) is 0. The molecule has 0 bridgehead atoms. The van der Waals surface area contributed by atoms with Gasteiger partial charge in [-0.3, -0.25) is 9.69 Å². The number of carbonyl (C=O) groups excluding carboxylic acids is 1. The van der Waals surface area contributed by atoms with E-state index < -0.39 is 0 Å². The molecule has 1 aromatic carbocycles. The van der Waals surface area contributed by atoms with E-state index in [1.54, 1.807) is 0 Å². The van der Waals surface area contributed by atoms with Crippen LogP contribution in [0.2, 0.25) is 0 Å². The standard InChI is InChI=1S/C18H28N2O2/c1-3-14(2)18(22)19-12-15-6-4-5-7-16(15)13-20-10-8-17(21)9-11-20/h4-7,14,17,21H,3,8-13H2,1-2H3,(H,19,22). The van der Waals surface area contributed by atoms with E-state index in [0.717, 1.165) is 38.9 Å². The zero-order chi connectivity index (χ0) is 15.9. The predicted octanol–water partition coefficient (Wildman–Crippen LogP) is 2.31. The lowest BCUT2D eigenvalue weighted by atomic mass is 10.0. The smallest absolute Gasteiger partial charge is 0.223 e. The number of likely N-dealkylation sites (tertiary alicyclic amines) is 1. The Labute approximate surface area is 133 Å². The molecule has 4 heteroatoms.